The Morgan fingerprint density at radius 3 is 2.94 bits per heavy atom. The van der Waals surface area contributed by atoms with Crippen molar-refractivity contribution in [2.75, 3.05) is 19.0 Å². The molecule has 88 valence electrons. The van der Waals surface area contributed by atoms with E-state index in [1.807, 2.05) is 16.8 Å². The summed E-state index contributed by atoms with van der Waals surface area (Å²) in [6, 6.07) is 8.23. The van der Waals surface area contributed by atoms with Crippen molar-refractivity contribution in [3.8, 4) is 5.75 Å². The molecule has 3 rings (SSSR count). The molecule has 1 aromatic heterocycles. The van der Waals surface area contributed by atoms with Gasteiger partial charge < -0.3 is 10.1 Å². The van der Waals surface area contributed by atoms with E-state index in [2.05, 4.69) is 33.0 Å². The number of rotatable bonds is 2. The third-order valence-electron chi connectivity index (χ3n) is 2.99. The number of anilines is 1. The average Bonchev–Trinajstić information content (AvgIpc) is 2.87. The van der Waals surface area contributed by atoms with Crippen LogP contribution in [0.1, 0.15) is 18.0 Å². The molecule has 1 aliphatic rings. The standard InChI is InChI=1S/C11H13N5O/c1-17-9-4-2-8(3-5-9)10-6-7-12-11-13-14-15-16(10)11/h2-5,10H,6-7H2,1H3,(H,12,13,15). The predicted octanol–water partition coefficient (Wildman–Crippen LogP) is 1.09. The van der Waals surface area contributed by atoms with Gasteiger partial charge in [0.1, 0.15) is 5.75 Å². The molecule has 6 heteroatoms. The topological polar surface area (TPSA) is 64.9 Å². The van der Waals surface area contributed by atoms with E-state index in [1.54, 1.807) is 7.11 Å². The first-order chi connectivity index (χ1) is 8.38. The first-order valence-electron chi connectivity index (χ1n) is 5.54. The summed E-state index contributed by atoms with van der Waals surface area (Å²) in [7, 11) is 1.67. The summed E-state index contributed by atoms with van der Waals surface area (Å²) in [5.41, 5.74) is 1.20. The third-order valence-corrected chi connectivity index (χ3v) is 2.99. The highest BCUT2D eigenvalue weighted by Gasteiger charge is 2.23. The van der Waals surface area contributed by atoms with Gasteiger partial charge in [-0.3, -0.25) is 0 Å². The fourth-order valence-corrected chi connectivity index (χ4v) is 2.10. The van der Waals surface area contributed by atoms with Crippen molar-refractivity contribution in [3.05, 3.63) is 29.8 Å². The summed E-state index contributed by atoms with van der Waals surface area (Å²) in [5, 5.41) is 14.8. The molecule has 0 aliphatic carbocycles. The second kappa shape index (κ2) is 4.04. The lowest BCUT2D eigenvalue weighted by Gasteiger charge is -2.23. The quantitative estimate of drug-likeness (QED) is 0.838. The van der Waals surface area contributed by atoms with Gasteiger partial charge in [-0.05, 0) is 34.5 Å². The van der Waals surface area contributed by atoms with E-state index < -0.39 is 0 Å². The minimum absolute atomic E-state index is 0.201. The molecule has 0 spiro atoms. The average molecular weight is 231 g/mol. The molecule has 1 atom stereocenters. The van der Waals surface area contributed by atoms with Crippen LogP contribution in [0.5, 0.6) is 5.75 Å². The van der Waals surface area contributed by atoms with E-state index in [-0.39, 0.29) is 6.04 Å². The first-order valence-corrected chi connectivity index (χ1v) is 5.54. The van der Waals surface area contributed by atoms with E-state index in [1.165, 1.54) is 5.56 Å². The molecule has 0 saturated heterocycles. The second-order valence-corrected chi connectivity index (χ2v) is 3.95. The van der Waals surface area contributed by atoms with Gasteiger partial charge in [-0.1, -0.05) is 17.2 Å². The SMILES string of the molecule is COc1ccc(C2CCNc3nnnn32)cc1. The zero-order valence-corrected chi connectivity index (χ0v) is 9.50. The van der Waals surface area contributed by atoms with Crippen molar-refractivity contribution in [2.24, 2.45) is 0 Å². The van der Waals surface area contributed by atoms with Crippen LogP contribution in [-0.4, -0.2) is 33.9 Å². The number of aromatic nitrogens is 4. The van der Waals surface area contributed by atoms with Crippen molar-refractivity contribution in [1.29, 1.82) is 0 Å². The number of tetrazole rings is 1. The number of nitrogens with one attached hydrogen (secondary N) is 1. The van der Waals surface area contributed by atoms with Gasteiger partial charge in [0.25, 0.3) is 0 Å². The molecule has 1 aliphatic heterocycles. The third kappa shape index (κ3) is 1.71. The summed E-state index contributed by atoms with van der Waals surface area (Å²) in [6.45, 7) is 0.886. The molecular formula is C11H13N5O. The summed E-state index contributed by atoms with van der Waals surface area (Å²) in [6.07, 6.45) is 0.977. The van der Waals surface area contributed by atoms with Crippen molar-refractivity contribution < 1.29 is 4.74 Å². The van der Waals surface area contributed by atoms with E-state index in [4.69, 9.17) is 4.74 Å². The molecule has 0 fully saturated rings. The Labute approximate surface area is 98.6 Å². The zero-order valence-electron chi connectivity index (χ0n) is 9.50. The van der Waals surface area contributed by atoms with Gasteiger partial charge in [0.05, 0.1) is 13.2 Å². The summed E-state index contributed by atoms with van der Waals surface area (Å²) in [5.74, 6) is 1.59. The monoisotopic (exact) mass is 231 g/mol. The summed E-state index contributed by atoms with van der Waals surface area (Å²) >= 11 is 0. The lowest BCUT2D eigenvalue weighted by Crippen LogP contribution is -2.24. The predicted molar refractivity (Wildman–Crippen MR) is 62.1 cm³/mol. The van der Waals surface area contributed by atoms with Crippen LogP contribution in [0.4, 0.5) is 5.95 Å². The molecule has 2 heterocycles. The Balaban J connectivity index is 1.95. The van der Waals surface area contributed by atoms with Gasteiger partial charge in [0.15, 0.2) is 0 Å². The van der Waals surface area contributed by atoms with Gasteiger partial charge in [-0.2, -0.15) is 0 Å². The number of hydrogen-bond donors (Lipinski definition) is 1. The van der Waals surface area contributed by atoms with E-state index in [0.717, 1.165) is 24.7 Å². The first kappa shape index (κ1) is 10.1. The highest BCUT2D eigenvalue weighted by atomic mass is 16.5. The maximum Gasteiger partial charge on any atom is 0.243 e. The van der Waals surface area contributed by atoms with Crippen LogP contribution < -0.4 is 10.1 Å². The van der Waals surface area contributed by atoms with E-state index in [0.29, 0.717) is 0 Å². The molecule has 1 unspecified atom stereocenters. The van der Waals surface area contributed by atoms with Crippen LogP contribution in [-0.2, 0) is 0 Å². The lowest BCUT2D eigenvalue weighted by atomic mass is 10.0. The molecule has 0 radical (unpaired) electrons. The molecule has 6 nitrogen and oxygen atoms in total. The van der Waals surface area contributed by atoms with Crippen LogP contribution in [0, 0.1) is 0 Å². The lowest BCUT2D eigenvalue weighted by molar-refractivity contribution is 0.413. The van der Waals surface area contributed by atoms with Crippen LogP contribution in [0.25, 0.3) is 0 Å². The zero-order chi connectivity index (χ0) is 11.7. The van der Waals surface area contributed by atoms with Gasteiger partial charge in [-0.15, -0.1) is 0 Å². The minimum Gasteiger partial charge on any atom is -0.497 e. The maximum absolute atomic E-state index is 5.15. The van der Waals surface area contributed by atoms with Gasteiger partial charge in [0, 0.05) is 6.54 Å². The van der Waals surface area contributed by atoms with Crippen LogP contribution in [0.2, 0.25) is 0 Å². The molecule has 0 saturated carbocycles. The summed E-state index contributed by atoms with van der Waals surface area (Å²) in [4.78, 5) is 0. The van der Waals surface area contributed by atoms with Gasteiger partial charge in [0.2, 0.25) is 5.95 Å². The normalized spacial score (nSPS) is 18.3. The molecule has 17 heavy (non-hydrogen) atoms. The highest BCUT2D eigenvalue weighted by Crippen LogP contribution is 2.28. The summed E-state index contributed by atoms with van der Waals surface area (Å²) < 4.78 is 6.98. The smallest absolute Gasteiger partial charge is 0.243 e. The number of benzene rings is 1. The van der Waals surface area contributed by atoms with Crippen molar-refractivity contribution >= 4 is 5.95 Å². The fourth-order valence-electron chi connectivity index (χ4n) is 2.10. The second-order valence-electron chi connectivity index (χ2n) is 3.95. The number of methoxy groups -OCH3 is 1. The molecule has 2 aromatic rings. The maximum atomic E-state index is 5.15. The minimum atomic E-state index is 0.201. The molecule has 1 aromatic carbocycles. The Bertz CT molecular complexity index is 507. The fraction of sp³-hybridized carbons (Fsp3) is 0.364. The Hall–Kier alpha value is -2.11. The van der Waals surface area contributed by atoms with Crippen molar-refractivity contribution in [3.63, 3.8) is 0 Å². The van der Waals surface area contributed by atoms with Crippen LogP contribution in [0.15, 0.2) is 24.3 Å². The molecular weight excluding hydrogens is 218 g/mol. The Morgan fingerprint density at radius 2 is 2.18 bits per heavy atom. The molecule has 1 N–H and O–H groups in total. The van der Waals surface area contributed by atoms with Crippen LogP contribution >= 0.6 is 0 Å². The number of nitrogens with zero attached hydrogens (tertiary/aromatic N) is 4. The largest absolute Gasteiger partial charge is 0.497 e. The Morgan fingerprint density at radius 1 is 1.35 bits per heavy atom. The highest BCUT2D eigenvalue weighted by molar-refractivity contribution is 5.33. The van der Waals surface area contributed by atoms with Crippen molar-refractivity contribution in [1.82, 2.24) is 20.2 Å². The van der Waals surface area contributed by atoms with Gasteiger partial charge in [-0.25, -0.2) is 4.68 Å². The van der Waals surface area contributed by atoms with E-state index in [9.17, 15) is 0 Å². The number of hydrogen-bond acceptors (Lipinski definition) is 5. The van der Waals surface area contributed by atoms with Crippen molar-refractivity contribution in [2.45, 2.75) is 12.5 Å². The molecule has 0 bridgehead atoms. The van der Waals surface area contributed by atoms with E-state index >= 15 is 0 Å². The van der Waals surface area contributed by atoms with Crippen LogP contribution in [0.3, 0.4) is 0 Å². The molecule has 0 amide bonds. The number of ether oxygens (including phenoxy) is 1. The Kier molecular flexibility index (Phi) is 2.40. The van der Waals surface area contributed by atoms with Gasteiger partial charge >= 0.3 is 0 Å². The number of fused-ring (bicyclic) bond motifs is 1.